The van der Waals surface area contributed by atoms with E-state index < -0.39 is 10.0 Å². The molecule has 0 fully saturated rings. The van der Waals surface area contributed by atoms with Gasteiger partial charge in [0.1, 0.15) is 0 Å². The molecule has 0 aliphatic heterocycles. The number of nitrogens with one attached hydrogen (secondary N) is 2. The summed E-state index contributed by atoms with van der Waals surface area (Å²) in [5.74, 6) is 0.737. The van der Waals surface area contributed by atoms with Crippen LogP contribution in [0, 0.1) is 13.8 Å². The Hall–Kier alpha value is -2.93. The zero-order valence-electron chi connectivity index (χ0n) is 15.3. The molecule has 0 radical (unpaired) electrons. The number of sulfonamides is 1. The lowest BCUT2D eigenvalue weighted by Crippen LogP contribution is -2.19. The van der Waals surface area contributed by atoms with E-state index in [-0.39, 0.29) is 11.6 Å². The summed E-state index contributed by atoms with van der Waals surface area (Å²) >= 11 is 0. The molecule has 2 N–H and O–H groups in total. The van der Waals surface area contributed by atoms with Crippen LogP contribution in [0.5, 0.6) is 0 Å². The lowest BCUT2D eigenvalue weighted by Gasteiger charge is -2.09. The van der Waals surface area contributed by atoms with E-state index in [1.54, 1.807) is 12.1 Å². The van der Waals surface area contributed by atoms with Crippen LogP contribution in [-0.4, -0.2) is 24.4 Å². The molecule has 0 spiro atoms. The largest absolute Gasteiger partial charge is 0.339 e. The number of benzene rings is 2. The van der Waals surface area contributed by atoms with Gasteiger partial charge in [-0.2, -0.15) is 0 Å². The number of rotatable bonds is 7. The Labute approximate surface area is 159 Å². The predicted molar refractivity (Wildman–Crippen MR) is 109 cm³/mol. The molecule has 0 atom stereocenters. The summed E-state index contributed by atoms with van der Waals surface area (Å²) in [6.45, 7) is 4.09. The maximum atomic E-state index is 12.2. The smallest absolute Gasteiger partial charge is 0.234 e. The Balaban J connectivity index is 1.60. The van der Waals surface area contributed by atoms with E-state index >= 15 is 0 Å². The molecule has 7 heteroatoms. The first-order chi connectivity index (χ1) is 12.9. The Kier molecular flexibility index (Phi) is 5.71. The first-order valence-corrected chi connectivity index (χ1v) is 10.3. The van der Waals surface area contributed by atoms with Gasteiger partial charge in [-0.25, -0.2) is 8.42 Å². The van der Waals surface area contributed by atoms with Crippen LogP contribution >= 0.6 is 0 Å². The number of anilines is 3. The molecule has 3 aromatic rings. The molecule has 0 saturated carbocycles. The van der Waals surface area contributed by atoms with Crippen LogP contribution in [0.15, 0.2) is 60.7 Å². The molecule has 0 aliphatic carbocycles. The molecule has 27 heavy (non-hydrogen) atoms. The average molecular weight is 382 g/mol. The van der Waals surface area contributed by atoms with Gasteiger partial charge in [0.05, 0.1) is 5.75 Å². The van der Waals surface area contributed by atoms with Gasteiger partial charge < -0.3 is 5.32 Å². The maximum Gasteiger partial charge on any atom is 0.234 e. The fraction of sp³-hybridized carbons (Fsp3) is 0.200. The van der Waals surface area contributed by atoms with Gasteiger partial charge in [0, 0.05) is 5.69 Å². The summed E-state index contributed by atoms with van der Waals surface area (Å²) < 4.78 is 26.9. The molecule has 1 aromatic heterocycles. The quantitative estimate of drug-likeness (QED) is 0.649. The van der Waals surface area contributed by atoms with Crippen LogP contribution in [0.3, 0.4) is 0 Å². The van der Waals surface area contributed by atoms with Crippen molar-refractivity contribution in [3.63, 3.8) is 0 Å². The Morgan fingerprint density at radius 1 is 0.852 bits per heavy atom. The van der Waals surface area contributed by atoms with E-state index in [0.29, 0.717) is 12.2 Å². The lowest BCUT2D eigenvalue weighted by molar-refractivity contribution is 0.600. The van der Waals surface area contributed by atoms with E-state index in [0.717, 1.165) is 11.3 Å². The number of aromatic nitrogens is 2. The van der Waals surface area contributed by atoms with Crippen molar-refractivity contribution in [1.29, 1.82) is 0 Å². The zero-order chi connectivity index (χ0) is 19.3. The second-order valence-corrected chi connectivity index (χ2v) is 8.23. The number of aryl methyl sites for hydroxylation is 3. The SMILES string of the molecule is Cc1ccc(Nc2ccc(NS(=O)(=O)CCc3ccccc3)nn2)cc1C. The first-order valence-electron chi connectivity index (χ1n) is 8.64. The van der Waals surface area contributed by atoms with Gasteiger partial charge in [-0.15, -0.1) is 10.2 Å². The van der Waals surface area contributed by atoms with Crippen molar-refractivity contribution in [2.45, 2.75) is 20.3 Å². The maximum absolute atomic E-state index is 12.2. The molecule has 0 unspecified atom stereocenters. The van der Waals surface area contributed by atoms with Gasteiger partial charge >= 0.3 is 0 Å². The second kappa shape index (κ2) is 8.18. The summed E-state index contributed by atoms with van der Waals surface area (Å²) in [7, 11) is -3.49. The Bertz CT molecular complexity index is 1000. The van der Waals surface area contributed by atoms with Gasteiger partial charge in [0.2, 0.25) is 10.0 Å². The molecule has 2 aromatic carbocycles. The topological polar surface area (TPSA) is 84.0 Å². The minimum atomic E-state index is -3.49. The van der Waals surface area contributed by atoms with E-state index in [9.17, 15) is 8.42 Å². The van der Waals surface area contributed by atoms with Crippen LogP contribution in [0.2, 0.25) is 0 Å². The van der Waals surface area contributed by atoms with E-state index in [2.05, 4.69) is 27.2 Å². The van der Waals surface area contributed by atoms with Crippen molar-refractivity contribution in [3.8, 4) is 0 Å². The van der Waals surface area contributed by atoms with Crippen LogP contribution in [0.4, 0.5) is 17.3 Å². The lowest BCUT2D eigenvalue weighted by atomic mass is 10.1. The monoisotopic (exact) mass is 382 g/mol. The summed E-state index contributed by atoms with van der Waals surface area (Å²) in [5, 5.41) is 11.2. The van der Waals surface area contributed by atoms with Gasteiger partial charge in [0.15, 0.2) is 11.6 Å². The minimum Gasteiger partial charge on any atom is -0.339 e. The predicted octanol–water partition coefficient (Wildman–Crippen LogP) is 3.82. The standard InChI is InChI=1S/C20H22N4O2S/c1-15-8-9-18(14-16(15)2)21-19-10-11-20(23-22-19)24-27(25,26)13-12-17-6-4-3-5-7-17/h3-11,14H,12-13H2,1-2H3,(H,21,22)(H,23,24). The van der Waals surface area contributed by atoms with Gasteiger partial charge in [-0.05, 0) is 61.2 Å². The highest BCUT2D eigenvalue weighted by molar-refractivity contribution is 7.92. The highest BCUT2D eigenvalue weighted by Gasteiger charge is 2.12. The second-order valence-electron chi connectivity index (χ2n) is 6.38. The van der Waals surface area contributed by atoms with Crippen LogP contribution in [0.25, 0.3) is 0 Å². The summed E-state index contributed by atoms with van der Waals surface area (Å²) in [5.41, 5.74) is 4.27. The van der Waals surface area contributed by atoms with Crippen molar-refractivity contribution in [2.75, 3.05) is 15.8 Å². The van der Waals surface area contributed by atoms with Crippen molar-refractivity contribution >= 4 is 27.3 Å². The Morgan fingerprint density at radius 3 is 2.22 bits per heavy atom. The molecule has 0 saturated heterocycles. The molecule has 3 rings (SSSR count). The molecule has 0 aliphatic rings. The van der Waals surface area contributed by atoms with Crippen LogP contribution in [-0.2, 0) is 16.4 Å². The highest BCUT2D eigenvalue weighted by Crippen LogP contribution is 2.18. The molecule has 140 valence electrons. The highest BCUT2D eigenvalue weighted by atomic mass is 32.2. The van der Waals surface area contributed by atoms with Gasteiger partial charge in [-0.3, -0.25) is 4.72 Å². The first kappa shape index (κ1) is 18.8. The normalized spacial score (nSPS) is 11.2. The van der Waals surface area contributed by atoms with Crippen molar-refractivity contribution in [2.24, 2.45) is 0 Å². The third-order valence-corrected chi connectivity index (χ3v) is 5.47. The van der Waals surface area contributed by atoms with Crippen molar-refractivity contribution in [1.82, 2.24) is 10.2 Å². The molecular weight excluding hydrogens is 360 g/mol. The van der Waals surface area contributed by atoms with Crippen LogP contribution < -0.4 is 10.0 Å². The summed E-state index contributed by atoms with van der Waals surface area (Å²) in [6, 6.07) is 18.8. The number of hydrogen-bond donors (Lipinski definition) is 2. The zero-order valence-corrected chi connectivity index (χ0v) is 16.1. The third kappa shape index (κ3) is 5.52. The van der Waals surface area contributed by atoms with Crippen LogP contribution in [0.1, 0.15) is 16.7 Å². The molecule has 1 heterocycles. The number of nitrogens with zero attached hydrogens (tertiary/aromatic N) is 2. The van der Waals surface area contributed by atoms with E-state index in [1.807, 2.05) is 55.5 Å². The third-order valence-electron chi connectivity index (χ3n) is 4.21. The molecule has 0 amide bonds. The van der Waals surface area contributed by atoms with Gasteiger partial charge in [0.25, 0.3) is 0 Å². The molecule has 6 nitrogen and oxygen atoms in total. The summed E-state index contributed by atoms with van der Waals surface area (Å²) in [4.78, 5) is 0. The summed E-state index contributed by atoms with van der Waals surface area (Å²) in [6.07, 6.45) is 0.440. The minimum absolute atomic E-state index is 0.0126. The Morgan fingerprint density at radius 2 is 1.56 bits per heavy atom. The fourth-order valence-corrected chi connectivity index (χ4v) is 3.56. The van der Waals surface area contributed by atoms with E-state index in [1.165, 1.54) is 11.1 Å². The van der Waals surface area contributed by atoms with E-state index in [4.69, 9.17) is 0 Å². The average Bonchev–Trinajstić information content (AvgIpc) is 2.65. The molecule has 0 bridgehead atoms. The fourth-order valence-electron chi connectivity index (χ4n) is 2.53. The number of hydrogen-bond acceptors (Lipinski definition) is 5. The van der Waals surface area contributed by atoms with Crippen molar-refractivity contribution in [3.05, 3.63) is 77.4 Å². The molecular formula is C20H22N4O2S. The van der Waals surface area contributed by atoms with Crippen molar-refractivity contribution < 1.29 is 8.42 Å². The van der Waals surface area contributed by atoms with Gasteiger partial charge in [-0.1, -0.05) is 36.4 Å².